The van der Waals surface area contributed by atoms with Crippen LogP contribution in [-0.2, 0) is 23.2 Å². The average molecular weight is 436 g/mol. The molecule has 126 valence electrons. The Kier molecular flexibility index (Phi) is 11.2. The van der Waals surface area contributed by atoms with Crippen LogP contribution >= 0.6 is 30.4 Å². The molecule has 0 fully saturated rings. The fourth-order valence-electron chi connectivity index (χ4n) is 1.34. The lowest BCUT2D eigenvalue weighted by Crippen LogP contribution is -2.38. The molecule has 0 aromatic carbocycles. The number of ether oxygens (including phenoxy) is 3. The van der Waals surface area contributed by atoms with E-state index in [1.165, 1.54) is 9.21 Å². The molecule has 0 amide bonds. The van der Waals surface area contributed by atoms with E-state index in [1.807, 2.05) is 27.7 Å². The fourth-order valence-corrected chi connectivity index (χ4v) is 2.01. The first-order valence-corrected chi connectivity index (χ1v) is 9.95. The molecule has 0 atom stereocenters. The quantitative estimate of drug-likeness (QED) is 0.270. The molecule has 0 spiro atoms. The molecule has 0 aliphatic heterocycles. The minimum atomic E-state index is -0.963. The highest BCUT2D eigenvalue weighted by atomic mass is 127. The van der Waals surface area contributed by atoms with Crippen molar-refractivity contribution in [2.75, 3.05) is 33.0 Å². The molecule has 0 unspecified atom stereocenters. The largest absolute Gasteiger partial charge is 0.480 e. The van der Waals surface area contributed by atoms with Gasteiger partial charge in [-0.05, 0) is 34.1 Å². The van der Waals surface area contributed by atoms with Crippen molar-refractivity contribution in [2.45, 2.75) is 45.3 Å². The minimum absolute atomic E-state index is 0.278. The lowest BCUT2D eigenvalue weighted by atomic mass is 10.0. The zero-order valence-corrected chi connectivity index (χ0v) is 16.0. The van der Waals surface area contributed by atoms with Gasteiger partial charge in [-0.3, -0.25) is 0 Å². The predicted octanol–water partition coefficient (Wildman–Crippen LogP) is 3.08. The van der Waals surface area contributed by atoms with E-state index in [0.717, 1.165) is 0 Å². The lowest BCUT2D eigenvalue weighted by molar-refractivity contribution is -0.144. The van der Waals surface area contributed by atoms with Gasteiger partial charge >= 0.3 is 5.97 Å². The summed E-state index contributed by atoms with van der Waals surface area (Å²) in [6, 6.07) is 0. The summed E-state index contributed by atoms with van der Waals surface area (Å²) in [5.41, 5.74) is -0.799. The number of halogens is 1. The number of carbonyl (C=O) groups is 1. The molecular weight excluding hydrogens is 411 g/mol. The first-order chi connectivity index (χ1) is 9.68. The number of hydrogen-bond acceptors (Lipinski definition) is 6. The molecule has 0 aromatic heterocycles. The zero-order valence-electron chi connectivity index (χ0n) is 13.0. The highest BCUT2D eigenvalue weighted by molar-refractivity contribution is 14.2. The van der Waals surface area contributed by atoms with E-state index >= 15 is 0 Å². The normalized spacial score (nSPS) is 12.6. The summed E-state index contributed by atoms with van der Waals surface area (Å²) in [5.74, 6) is -0.963. The summed E-state index contributed by atoms with van der Waals surface area (Å²) in [4.78, 5) is 10.3. The van der Waals surface area contributed by atoms with Gasteiger partial charge in [-0.2, -0.15) is 0 Å². The first kappa shape index (κ1) is 21.4. The second-order valence-electron chi connectivity index (χ2n) is 5.74. The van der Waals surface area contributed by atoms with Crippen LogP contribution in [0.3, 0.4) is 0 Å². The summed E-state index contributed by atoms with van der Waals surface area (Å²) in [6.45, 7) is 9.36. The number of aliphatic carboxylic acids is 1. The predicted molar refractivity (Wildman–Crippen MR) is 90.7 cm³/mol. The number of hydrogen-bond donors (Lipinski definition) is 1. The van der Waals surface area contributed by atoms with Crippen LogP contribution in [0.4, 0.5) is 0 Å². The van der Waals surface area contributed by atoms with Crippen molar-refractivity contribution in [3.05, 3.63) is 0 Å². The highest BCUT2D eigenvalue weighted by Crippen LogP contribution is 2.19. The van der Waals surface area contributed by atoms with Crippen LogP contribution in [0, 0.1) is 0 Å². The van der Waals surface area contributed by atoms with E-state index in [0.29, 0.717) is 32.8 Å². The van der Waals surface area contributed by atoms with Gasteiger partial charge in [0.15, 0.2) is 0 Å². The van der Waals surface area contributed by atoms with Crippen LogP contribution < -0.4 is 0 Å². The van der Waals surface area contributed by atoms with Crippen molar-refractivity contribution in [3.8, 4) is 0 Å². The molecule has 0 aliphatic carbocycles. The summed E-state index contributed by atoms with van der Waals surface area (Å²) < 4.78 is 21.7. The third-order valence-electron chi connectivity index (χ3n) is 2.59. The topological polar surface area (TPSA) is 74.2 Å². The van der Waals surface area contributed by atoms with Crippen LogP contribution in [0.2, 0.25) is 0 Å². The maximum Gasteiger partial charge on any atom is 0.329 e. The Morgan fingerprint density at radius 3 is 2.33 bits per heavy atom. The Morgan fingerprint density at radius 2 is 1.76 bits per heavy atom. The van der Waals surface area contributed by atoms with Crippen LogP contribution in [-0.4, -0.2) is 55.3 Å². The standard InChI is InChI=1S/C13H25IO6S/c1-12(2,5-6-17-9-11(15)16)19-10-13(3,4)18-7-8-20-21-14/h5-10H2,1-4H3,(H,15,16). The molecule has 1 N–H and O–H groups in total. The molecule has 0 bridgehead atoms. The SMILES string of the molecule is CC(C)(CCOCC(=O)O)OCC(C)(C)OCCOSI. The van der Waals surface area contributed by atoms with E-state index in [4.69, 9.17) is 23.5 Å². The maximum atomic E-state index is 10.3. The van der Waals surface area contributed by atoms with Crippen LogP contribution in [0.5, 0.6) is 0 Å². The smallest absolute Gasteiger partial charge is 0.329 e. The fraction of sp³-hybridized carbons (Fsp3) is 0.923. The van der Waals surface area contributed by atoms with Gasteiger partial charge in [0.25, 0.3) is 0 Å². The van der Waals surface area contributed by atoms with E-state index in [9.17, 15) is 4.79 Å². The summed E-state index contributed by atoms with van der Waals surface area (Å²) in [5, 5.41) is 8.49. The van der Waals surface area contributed by atoms with Gasteiger partial charge in [-0.1, -0.05) is 0 Å². The number of carboxylic acids is 1. The number of rotatable bonds is 13. The maximum absolute atomic E-state index is 10.3. The summed E-state index contributed by atoms with van der Waals surface area (Å²) in [6.07, 6.45) is 0.616. The summed E-state index contributed by atoms with van der Waals surface area (Å²) >= 11 is 2.06. The second kappa shape index (κ2) is 11.0. The van der Waals surface area contributed by atoms with Gasteiger partial charge in [0, 0.05) is 21.2 Å². The highest BCUT2D eigenvalue weighted by Gasteiger charge is 2.25. The minimum Gasteiger partial charge on any atom is -0.480 e. The molecule has 0 aromatic rings. The third kappa shape index (κ3) is 13.8. The molecule has 0 aliphatic rings. The average Bonchev–Trinajstić information content (AvgIpc) is 2.38. The van der Waals surface area contributed by atoms with Crippen molar-refractivity contribution in [1.82, 2.24) is 0 Å². The van der Waals surface area contributed by atoms with Gasteiger partial charge in [0.1, 0.15) is 6.61 Å². The monoisotopic (exact) mass is 436 g/mol. The van der Waals surface area contributed by atoms with Crippen LogP contribution in [0.1, 0.15) is 34.1 Å². The Labute approximate surface area is 143 Å². The summed E-state index contributed by atoms with van der Waals surface area (Å²) in [7, 11) is 1.29. The van der Waals surface area contributed by atoms with Crippen molar-refractivity contribution >= 4 is 36.4 Å². The van der Waals surface area contributed by atoms with Gasteiger partial charge in [-0.25, -0.2) is 4.79 Å². The first-order valence-electron chi connectivity index (χ1n) is 6.66. The van der Waals surface area contributed by atoms with Gasteiger partial charge in [0.05, 0.1) is 46.8 Å². The Balaban J connectivity index is 3.89. The van der Waals surface area contributed by atoms with E-state index in [-0.39, 0.29) is 6.61 Å². The van der Waals surface area contributed by atoms with Crippen molar-refractivity contribution in [1.29, 1.82) is 0 Å². The molecule has 21 heavy (non-hydrogen) atoms. The van der Waals surface area contributed by atoms with Gasteiger partial charge in [0.2, 0.25) is 0 Å². The van der Waals surface area contributed by atoms with Crippen molar-refractivity contribution < 1.29 is 28.3 Å². The molecule has 0 saturated carbocycles. The molecule has 0 heterocycles. The Bertz CT molecular complexity index is 298. The van der Waals surface area contributed by atoms with Crippen molar-refractivity contribution in [3.63, 3.8) is 0 Å². The van der Waals surface area contributed by atoms with Gasteiger partial charge in [-0.15, -0.1) is 0 Å². The van der Waals surface area contributed by atoms with E-state index in [1.54, 1.807) is 0 Å². The number of carboxylic acid groups (broad SMARTS) is 1. The Morgan fingerprint density at radius 1 is 1.10 bits per heavy atom. The molecule has 0 radical (unpaired) electrons. The molecule has 8 heteroatoms. The van der Waals surface area contributed by atoms with Crippen LogP contribution in [0.25, 0.3) is 0 Å². The van der Waals surface area contributed by atoms with Gasteiger partial charge < -0.3 is 23.5 Å². The second-order valence-corrected chi connectivity index (χ2v) is 7.18. The van der Waals surface area contributed by atoms with E-state index in [2.05, 4.69) is 21.2 Å². The van der Waals surface area contributed by atoms with Crippen LogP contribution in [0.15, 0.2) is 0 Å². The third-order valence-corrected chi connectivity index (χ3v) is 3.61. The molecule has 0 saturated heterocycles. The molecule has 6 nitrogen and oxygen atoms in total. The Hall–Kier alpha value is 0.390. The molecular formula is C13H25IO6S. The van der Waals surface area contributed by atoms with Crippen molar-refractivity contribution in [2.24, 2.45) is 0 Å². The lowest BCUT2D eigenvalue weighted by Gasteiger charge is -2.32. The molecule has 0 rings (SSSR count). The van der Waals surface area contributed by atoms with E-state index < -0.39 is 17.2 Å². The zero-order chi connectivity index (χ0) is 16.4.